The van der Waals surface area contributed by atoms with Gasteiger partial charge in [-0.3, -0.25) is 0 Å². The van der Waals surface area contributed by atoms with Gasteiger partial charge in [0.05, 0.1) is 0 Å². The van der Waals surface area contributed by atoms with E-state index in [-0.39, 0.29) is 0 Å². The molecular weight excluding hydrogens is 272 g/mol. The summed E-state index contributed by atoms with van der Waals surface area (Å²) in [7, 11) is 0. The third kappa shape index (κ3) is 4.32. The molecule has 0 spiro atoms. The molecule has 0 fully saturated rings. The quantitative estimate of drug-likeness (QED) is 0.558. The van der Waals surface area contributed by atoms with Gasteiger partial charge in [-0.1, -0.05) is 79.5 Å². The molecule has 0 aromatic carbocycles. The molecule has 0 aliphatic heterocycles. The molecule has 0 saturated heterocycles. The average Bonchev–Trinajstić information content (AvgIpc) is 2.43. The average molecular weight is 290 g/mol. The Morgan fingerprint density at radius 3 is 2.18 bits per heavy atom. The Morgan fingerprint density at radius 1 is 0.864 bits per heavy atom. The zero-order valence-electron chi connectivity index (χ0n) is 12.5. The van der Waals surface area contributed by atoms with Crippen molar-refractivity contribution in [2.75, 3.05) is 0 Å². The molecule has 0 unspecified atom stereocenters. The normalized spacial score (nSPS) is 31.0. The molecular formula is C20H18O2. The van der Waals surface area contributed by atoms with Crippen LogP contribution in [0.5, 0.6) is 0 Å². The predicted molar refractivity (Wildman–Crippen MR) is 90.9 cm³/mol. The molecule has 0 heterocycles. The lowest BCUT2D eigenvalue weighted by Crippen LogP contribution is -2.06. The Bertz CT molecular complexity index is 702. The van der Waals surface area contributed by atoms with Crippen LogP contribution in [0.1, 0.15) is 6.92 Å². The van der Waals surface area contributed by atoms with Gasteiger partial charge in [0.15, 0.2) is 0 Å². The summed E-state index contributed by atoms with van der Waals surface area (Å²) in [5, 5.41) is 0. The Kier molecular flexibility index (Phi) is 5.50. The van der Waals surface area contributed by atoms with E-state index in [1.807, 2.05) is 72.9 Å². The molecule has 0 aromatic heterocycles. The molecule has 0 radical (unpaired) electrons. The number of carbonyl (C=O) groups is 1. The second-order valence-corrected chi connectivity index (χ2v) is 4.80. The van der Waals surface area contributed by atoms with E-state index in [9.17, 15) is 4.79 Å². The largest absolute Gasteiger partial charge is 0.423 e. The van der Waals surface area contributed by atoms with Crippen LogP contribution in [0.25, 0.3) is 0 Å². The number of hydrogen-bond acceptors (Lipinski definition) is 2. The molecule has 0 saturated carbocycles. The summed E-state index contributed by atoms with van der Waals surface area (Å²) in [6.07, 6.45) is 25.0. The van der Waals surface area contributed by atoms with Gasteiger partial charge in [0.2, 0.25) is 0 Å². The van der Waals surface area contributed by atoms with Crippen molar-refractivity contribution in [1.29, 1.82) is 0 Å². The van der Waals surface area contributed by atoms with Crippen molar-refractivity contribution in [3.63, 3.8) is 0 Å². The van der Waals surface area contributed by atoms with Gasteiger partial charge in [-0.05, 0) is 18.6 Å². The molecule has 2 aliphatic carbocycles. The van der Waals surface area contributed by atoms with Crippen LogP contribution in [0.4, 0.5) is 0 Å². The second kappa shape index (κ2) is 7.79. The van der Waals surface area contributed by atoms with Gasteiger partial charge in [-0.2, -0.15) is 0 Å². The number of esters is 1. The Balaban J connectivity index is 2.46. The number of ether oxygens (including phenoxy) is 1. The molecule has 2 heteroatoms. The lowest BCUT2D eigenvalue weighted by atomic mass is 10.0. The maximum atomic E-state index is 11.9. The minimum Gasteiger partial charge on any atom is -0.423 e. The summed E-state index contributed by atoms with van der Waals surface area (Å²) in [6.45, 7) is 5.26. The third-order valence-corrected chi connectivity index (χ3v) is 2.97. The molecule has 2 rings (SSSR count). The Labute approximate surface area is 131 Å². The summed E-state index contributed by atoms with van der Waals surface area (Å²) in [4.78, 5) is 11.9. The molecule has 0 atom stereocenters. The minimum absolute atomic E-state index is 0.367. The van der Waals surface area contributed by atoms with Crippen LogP contribution in [0, 0.1) is 0 Å². The molecule has 0 amide bonds. The maximum Gasteiger partial charge on any atom is 0.338 e. The van der Waals surface area contributed by atoms with Crippen molar-refractivity contribution in [3.8, 4) is 0 Å². The van der Waals surface area contributed by atoms with E-state index in [0.717, 1.165) is 11.1 Å². The van der Waals surface area contributed by atoms with Gasteiger partial charge < -0.3 is 4.74 Å². The van der Waals surface area contributed by atoms with Gasteiger partial charge in [0, 0.05) is 11.1 Å². The first-order chi connectivity index (χ1) is 10.7. The van der Waals surface area contributed by atoms with Crippen molar-refractivity contribution in [2.45, 2.75) is 6.92 Å². The fourth-order valence-electron chi connectivity index (χ4n) is 1.86. The first kappa shape index (κ1) is 15.5. The van der Waals surface area contributed by atoms with Crippen LogP contribution >= 0.6 is 0 Å². The van der Waals surface area contributed by atoms with E-state index in [1.54, 1.807) is 13.0 Å². The molecule has 0 bridgehead atoms. The highest BCUT2D eigenvalue weighted by Crippen LogP contribution is 2.23. The number of rotatable bonds is 3. The zero-order chi connectivity index (χ0) is 15.8. The summed E-state index contributed by atoms with van der Waals surface area (Å²) < 4.78 is 5.48. The standard InChI is InChI=1S/C20H18O2/c1-16(2)20(21)22-19-15-11-7-6-10-14-18(19)17-12-8-4-3-5-9-13-17/h3-15H,1H2,2H3/b4-3-,5-3?,7-6-,8-4?,9-5-,10-6?,11-7?,12-8-,13-9?,14-10-,15-11-,17-12?,17-13+,18-14?,19-15?,19-18-. The number of allylic oxidation sites excluding steroid dienone is 15. The van der Waals surface area contributed by atoms with E-state index in [4.69, 9.17) is 4.74 Å². The van der Waals surface area contributed by atoms with E-state index >= 15 is 0 Å². The van der Waals surface area contributed by atoms with E-state index in [1.165, 1.54) is 0 Å². The zero-order valence-corrected chi connectivity index (χ0v) is 12.5. The molecule has 0 aromatic rings. The van der Waals surface area contributed by atoms with Crippen molar-refractivity contribution in [2.24, 2.45) is 0 Å². The predicted octanol–water partition coefficient (Wildman–Crippen LogP) is 4.65. The number of hydrogen-bond donors (Lipinski definition) is 0. The fraction of sp³-hybridized carbons (Fsp3) is 0.0500. The first-order valence-electron chi connectivity index (χ1n) is 7.04. The van der Waals surface area contributed by atoms with Crippen LogP contribution in [0.2, 0.25) is 0 Å². The van der Waals surface area contributed by atoms with Crippen LogP contribution in [-0.4, -0.2) is 5.97 Å². The maximum absolute atomic E-state index is 11.9. The van der Waals surface area contributed by atoms with Crippen LogP contribution in [0.15, 0.2) is 108 Å². The summed E-state index contributed by atoms with van der Waals surface area (Å²) in [6, 6.07) is 0. The van der Waals surface area contributed by atoms with Crippen molar-refractivity contribution in [1.82, 2.24) is 0 Å². The minimum atomic E-state index is -0.430. The van der Waals surface area contributed by atoms with Gasteiger partial charge in [0.25, 0.3) is 0 Å². The molecule has 0 N–H and O–H groups in total. The summed E-state index contributed by atoms with van der Waals surface area (Å²) >= 11 is 0. The molecule has 110 valence electrons. The van der Waals surface area contributed by atoms with Crippen LogP contribution in [0.3, 0.4) is 0 Å². The SMILES string of the molecule is C=C(C)C(=O)OC1=C(C2=C\C=C/C=C\C=C/2)/C=C\C=C/C=C\1. The van der Waals surface area contributed by atoms with Crippen LogP contribution in [-0.2, 0) is 9.53 Å². The fourth-order valence-corrected chi connectivity index (χ4v) is 1.86. The second-order valence-electron chi connectivity index (χ2n) is 4.80. The van der Waals surface area contributed by atoms with Crippen molar-refractivity contribution >= 4 is 5.97 Å². The van der Waals surface area contributed by atoms with E-state index in [0.29, 0.717) is 11.3 Å². The highest BCUT2D eigenvalue weighted by molar-refractivity contribution is 5.88. The first-order valence-corrected chi connectivity index (χ1v) is 7.04. The highest BCUT2D eigenvalue weighted by atomic mass is 16.5. The van der Waals surface area contributed by atoms with Crippen molar-refractivity contribution in [3.05, 3.63) is 108 Å². The van der Waals surface area contributed by atoms with E-state index in [2.05, 4.69) is 6.58 Å². The van der Waals surface area contributed by atoms with Gasteiger partial charge in [-0.25, -0.2) is 4.79 Å². The van der Waals surface area contributed by atoms with Crippen LogP contribution < -0.4 is 0 Å². The van der Waals surface area contributed by atoms with Gasteiger partial charge in [0.1, 0.15) is 5.76 Å². The summed E-state index contributed by atoms with van der Waals surface area (Å²) in [5.74, 6) is 0.0726. The lowest BCUT2D eigenvalue weighted by molar-refractivity contribution is -0.134. The molecule has 2 aliphatic rings. The number of carbonyl (C=O) groups excluding carboxylic acids is 1. The molecule has 22 heavy (non-hydrogen) atoms. The lowest BCUT2D eigenvalue weighted by Gasteiger charge is -2.12. The third-order valence-electron chi connectivity index (χ3n) is 2.97. The Morgan fingerprint density at radius 2 is 1.45 bits per heavy atom. The summed E-state index contributed by atoms with van der Waals surface area (Å²) in [5.41, 5.74) is 2.17. The molecule has 2 nitrogen and oxygen atoms in total. The van der Waals surface area contributed by atoms with Gasteiger partial charge >= 0.3 is 5.97 Å². The highest BCUT2D eigenvalue weighted by Gasteiger charge is 2.12. The smallest absolute Gasteiger partial charge is 0.338 e. The van der Waals surface area contributed by atoms with Gasteiger partial charge in [-0.15, -0.1) is 0 Å². The monoisotopic (exact) mass is 290 g/mol. The topological polar surface area (TPSA) is 26.3 Å². The Hall–Kier alpha value is -2.87. The van der Waals surface area contributed by atoms with E-state index < -0.39 is 5.97 Å². The van der Waals surface area contributed by atoms with Crippen molar-refractivity contribution < 1.29 is 9.53 Å².